The van der Waals surface area contributed by atoms with E-state index in [1.807, 2.05) is 37.3 Å². The SMILES string of the molecule is CCCCNC(=O)C(Cc1ccccc1)N(Cc1ccc(F)cc1)C(=O)CN(c1ccccc1OC)S(=O)(=O)c1ccccc1. The summed E-state index contributed by atoms with van der Waals surface area (Å²) in [6.07, 6.45) is 1.81. The van der Waals surface area contributed by atoms with E-state index in [-0.39, 0.29) is 35.2 Å². The van der Waals surface area contributed by atoms with Crippen LogP contribution in [-0.2, 0) is 32.6 Å². The summed E-state index contributed by atoms with van der Waals surface area (Å²) in [5.74, 6) is -1.16. The van der Waals surface area contributed by atoms with Gasteiger partial charge >= 0.3 is 0 Å². The average Bonchev–Trinajstić information content (AvgIpc) is 3.06. The monoisotopic (exact) mass is 631 g/mol. The van der Waals surface area contributed by atoms with Crippen LogP contribution < -0.4 is 14.4 Å². The van der Waals surface area contributed by atoms with Gasteiger partial charge in [0.15, 0.2) is 0 Å². The molecule has 45 heavy (non-hydrogen) atoms. The van der Waals surface area contributed by atoms with Gasteiger partial charge in [-0.1, -0.05) is 86.1 Å². The molecule has 0 saturated heterocycles. The number of hydrogen-bond donors (Lipinski definition) is 1. The van der Waals surface area contributed by atoms with Crippen LogP contribution in [0.25, 0.3) is 0 Å². The molecule has 1 unspecified atom stereocenters. The number of carbonyl (C=O) groups excluding carboxylic acids is 2. The van der Waals surface area contributed by atoms with E-state index in [0.717, 1.165) is 22.7 Å². The fourth-order valence-corrected chi connectivity index (χ4v) is 6.36. The predicted molar refractivity (Wildman–Crippen MR) is 173 cm³/mol. The third-order valence-corrected chi connectivity index (χ3v) is 9.10. The van der Waals surface area contributed by atoms with Crippen molar-refractivity contribution < 1.29 is 27.1 Å². The van der Waals surface area contributed by atoms with Gasteiger partial charge in [0.25, 0.3) is 10.0 Å². The zero-order chi connectivity index (χ0) is 32.2. The number of hydrogen-bond acceptors (Lipinski definition) is 5. The van der Waals surface area contributed by atoms with Crippen LogP contribution in [0.4, 0.5) is 10.1 Å². The summed E-state index contributed by atoms with van der Waals surface area (Å²) < 4.78 is 48.5. The highest BCUT2D eigenvalue weighted by Crippen LogP contribution is 2.32. The van der Waals surface area contributed by atoms with E-state index < -0.39 is 34.3 Å². The Bertz CT molecular complexity index is 1650. The van der Waals surface area contributed by atoms with E-state index in [4.69, 9.17) is 4.74 Å². The number of ether oxygens (including phenoxy) is 1. The van der Waals surface area contributed by atoms with Gasteiger partial charge in [-0.25, -0.2) is 12.8 Å². The molecule has 0 fully saturated rings. The number of nitrogens with one attached hydrogen (secondary N) is 1. The number of benzene rings is 4. The molecule has 4 rings (SSSR count). The van der Waals surface area contributed by atoms with Crippen molar-refractivity contribution >= 4 is 27.5 Å². The van der Waals surface area contributed by atoms with Gasteiger partial charge in [-0.15, -0.1) is 0 Å². The molecule has 8 nitrogen and oxygen atoms in total. The number of para-hydroxylation sites is 2. The number of halogens is 1. The highest BCUT2D eigenvalue weighted by Gasteiger charge is 2.35. The Balaban J connectivity index is 1.80. The van der Waals surface area contributed by atoms with Crippen molar-refractivity contribution in [2.24, 2.45) is 0 Å². The number of carbonyl (C=O) groups is 2. The van der Waals surface area contributed by atoms with Gasteiger partial charge in [0.2, 0.25) is 11.8 Å². The Hall–Kier alpha value is -4.70. The second-order valence-electron chi connectivity index (χ2n) is 10.5. The summed E-state index contributed by atoms with van der Waals surface area (Å²) >= 11 is 0. The van der Waals surface area contributed by atoms with Crippen LogP contribution in [0.3, 0.4) is 0 Å². The fraction of sp³-hybridized carbons (Fsp3) is 0.257. The number of anilines is 1. The Morgan fingerprint density at radius 1 is 0.844 bits per heavy atom. The summed E-state index contributed by atoms with van der Waals surface area (Å²) in [5, 5.41) is 2.95. The first-order valence-electron chi connectivity index (χ1n) is 14.8. The normalized spacial score (nSPS) is 11.8. The summed E-state index contributed by atoms with van der Waals surface area (Å²) in [7, 11) is -2.84. The summed E-state index contributed by atoms with van der Waals surface area (Å²) in [6.45, 7) is 1.77. The maximum absolute atomic E-state index is 14.5. The van der Waals surface area contributed by atoms with Gasteiger partial charge in [-0.3, -0.25) is 13.9 Å². The highest BCUT2D eigenvalue weighted by atomic mass is 32.2. The average molecular weight is 632 g/mol. The van der Waals surface area contributed by atoms with Crippen LogP contribution in [0, 0.1) is 5.82 Å². The minimum Gasteiger partial charge on any atom is -0.495 e. The lowest BCUT2D eigenvalue weighted by Gasteiger charge is -2.34. The van der Waals surface area contributed by atoms with Crippen molar-refractivity contribution in [1.82, 2.24) is 10.2 Å². The van der Waals surface area contributed by atoms with Crippen molar-refractivity contribution in [3.05, 3.63) is 126 Å². The molecular formula is C35H38FN3O5S. The molecule has 2 amide bonds. The van der Waals surface area contributed by atoms with Gasteiger partial charge < -0.3 is 15.0 Å². The first-order chi connectivity index (χ1) is 21.7. The Morgan fingerprint density at radius 2 is 1.47 bits per heavy atom. The zero-order valence-electron chi connectivity index (χ0n) is 25.4. The molecule has 10 heteroatoms. The molecule has 0 heterocycles. The Labute approximate surface area is 264 Å². The lowest BCUT2D eigenvalue weighted by atomic mass is 10.0. The third kappa shape index (κ3) is 8.69. The van der Waals surface area contributed by atoms with Crippen LogP contribution >= 0.6 is 0 Å². The minimum absolute atomic E-state index is 0.00747. The number of rotatable bonds is 15. The molecule has 236 valence electrons. The molecular weight excluding hydrogens is 593 g/mol. The number of nitrogens with zero attached hydrogens (tertiary/aromatic N) is 2. The first-order valence-corrected chi connectivity index (χ1v) is 16.2. The van der Waals surface area contributed by atoms with E-state index >= 15 is 0 Å². The van der Waals surface area contributed by atoms with Crippen LogP contribution in [0.5, 0.6) is 5.75 Å². The molecule has 0 aliphatic carbocycles. The number of unbranched alkanes of at least 4 members (excludes halogenated alkanes) is 1. The third-order valence-electron chi connectivity index (χ3n) is 7.33. The second kappa shape index (κ2) is 15.9. The van der Waals surface area contributed by atoms with E-state index in [2.05, 4.69) is 5.32 Å². The van der Waals surface area contributed by atoms with Crippen molar-refractivity contribution in [1.29, 1.82) is 0 Å². The molecule has 1 N–H and O–H groups in total. The van der Waals surface area contributed by atoms with Gasteiger partial charge in [-0.2, -0.15) is 0 Å². The predicted octanol–water partition coefficient (Wildman–Crippen LogP) is 5.59. The minimum atomic E-state index is -4.26. The Kier molecular flexibility index (Phi) is 11.7. The topological polar surface area (TPSA) is 96.0 Å². The molecule has 1 atom stereocenters. The lowest BCUT2D eigenvalue weighted by molar-refractivity contribution is -0.140. The second-order valence-corrected chi connectivity index (χ2v) is 12.4. The molecule has 4 aromatic carbocycles. The first kappa shape index (κ1) is 33.2. The molecule has 0 saturated carbocycles. The van der Waals surface area contributed by atoms with Crippen LogP contribution in [0.15, 0.2) is 114 Å². The number of sulfonamides is 1. The van der Waals surface area contributed by atoms with Crippen molar-refractivity contribution in [2.45, 2.75) is 43.7 Å². The zero-order valence-corrected chi connectivity index (χ0v) is 26.3. The van der Waals surface area contributed by atoms with E-state index in [0.29, 0.717) is 12.1 Å². The molecule has 4 aromatic rings. The van der Waals surface area contributed by atoms with Gasteiger partial charge in [0.1, 0.15) is 24.2 Å². The molecule has 0 radical (unpaired) electrons. The van der Waals surface area contributed by atoms with Crippen LogP contribution in [-0.4, -0.2) is 51.4 Å². The molecule has 0 aliphatic heterocycles. The quantitative estimate of drug-likeness (QED) is 0.173. The maximum atomic E-state index is 14.5. The van der Waals surface area contributed by atoms with Gasteiger partial charge in [0, 0.05) is 19.5 Å². The van der Waals surface area contributed by atoms with Gasteiger partial charge in [0.05, 0.1) is 17.7 Å². The maximum Gasteiger partial charge on any atom is 0.264 e. The fourth-order valence-electron chi connectivity index (χ4n) is 4.92. The van der Waals surface area contributed by atoms with Gasteiger partial charge in [-0.05, 0) is 53.9 Å². The highest BCUT2D eigenvalue weighted by molar-refractivity contribution is 7.92. The van der Waals surface area contributed by atoms with Crippen LogP contribution in [0.2, 0.25) is 0 Å². The summed E-state index contributed by atoms with van der Waals surface area (Å²) in [4.78, 5) is 29.6. The van der Waals surface area contributed by atoms with Crippen molar-refractivity contribution in [3.63, 3.8) is 0 Å². The molecule has 0 aromatic heterocycles. The van der Waals surface area contributed by atoms with Crippen molar-refractivity contribution in [2.75, 3.05) is 24.5 Å². The van der Waals surface area contributed by atoms with E-state index in [1.165, 1.54) is 36.3 Å². The Morgan fingerprint density at radius 3 is 2.11 bits per heavy atom. The smallest absolute Gasteiger partial charge is 0.264 e. The number of amides is 2. The standard InChI is InChI=1S/C35H38FN3O5S/c1-3-4-23-37-35(41)32(24-27-13-7-5-8-14-27)38(25-28-19-21-29(36)22-20-28)34(40)26-39(31-17-11-12-18-33(31)44-2)45(42,43)30-15-9-6-10-16-30/h5-22,32H,3-4,23-26H2,1-2H3,(H,37,41). The van der Waals surface area contributed by atoms with E-state index in [1.54, 1.807) is 54.6 Å². The van der Waals surface area contributed by atoms with Crippen LogP contribution in [0.1, 0.15) is 30.9 Å². The molecule has 0 spiro atoms. The summed E-state index contributed by atoms with van der Waals surface area (Å²) in [5.41, 5.74) is 1.58. The molecule has 0 bridgehead atoms. The van der Waals surface area contributed by atoms with Crippen molar-refractivity contribution in [3.8, 4) is 5.75 Å². The molecule has 0 aliphatic rings. The lowest BCUT2D eigenvalue weighted by Crippen LogP contribution is -2.53. The van der Waals surface area contributed by atoms with E-state index in [9.17, 15) is 22.4 Å². The largest absolute Gasteiger partial charge is 0.495 e. The summed E-state index contributed by atoms with van der Waals surface area (Å²) in [6, 6.07) is 28.3. The number of methoxy groups -OCH3 is 1.